The van der Waals surface area contributed by atoms with Gasteiger partial charge in [0, 0.05) is 11.5 Å². The number of amides is 2. The summed E-state index contributed by atoms with van der Waals surface area (Å²) in [5, 5.41) is 14.8. The lowest BCUT2D eigenvalue weighted by Gasteiger charge is -2.05. The van der Waals surface area contributed by atoms with Crippen molar-refractivity contribution in [2.45, 2.75) is 44.1 Å². The molecule has 4 N–H and O–H groups in total. The van der Waals surface area contributed by atoms with Crippen LogP contribution in [0.15, 0.2) is 35.2 Å². The fourth-order valence-corrected chi connectivity index (χ4v) is 3.69. The van der Waals surface area contributed by atoms with E-state index in [4.69, 9.17) is 15.4 Å². The third-order valence-electron chi connectivity index (χ3n) is 6.04. The van der Waals surface area contributed by atoms with Gasteiger partial charge in [-0.25, -0.2) is 19.4 Å². The maximum Gasteiger partial charge on any atom is 0.326 e. The van der Waals surface area contributed by atoms with Crippen LogP contribution in [0.2, 0.25) is 0 Å². The minimum Gasteiger partial charge on any atom is -0.383 e. The molecule has 32 heavy (non-hydrogen) atoms. The summed E-state index contributed by atoms with van der Waals surface area (Å²) in [6.07, 6.45) is 7.30. The molecule has 2 amide bonds. The summed E-state index contributed by atoms with van der Waals surface area (Å²) in [6.45, 7) is 2.12. The molecule has 0 spiro atoms. The second-order valence-electron chi connectivity index (χ2n) is 8.63. The lowest BCUT2D eigenvalue weighted by Crippen LogP contribution is -2.19. The second-order valence-corrected chi connectivity index (χ2v) is 8.63. The largest absolute Gasteiger partial charge is 0.383 e. The van der Waals surface area contributed by atoms with Gasteiger partial charge in [-0.3, -0.25) is 10.3 Å². The number of nitrogens with one attached hydrogen (secondary N) is 2. The lowest BCUT2D eigenvalue weighted by molar-refractivity contribution is 0.261. The molecule has 2 aliphatic carbocycles. The molecule has 2 aliphatic rings. The topological polar surface area (TPSA) is 150 Å². The summed E-state index contributed by atoms with van der Waals surface area (Å²) in [4.78, 5) is 25.3. The maximum absolute atomic E-state index is 12.3. The zero-order valence-corrected chi connectivity index (χ0v) is 17.4. The number of fused-ring (bicyclic) bond motifs is 1. The van der Waals surface area contributed by atoms with E-state index >= 15 is 0 Å². The van der Waals surface area contributed by atoms with Crippen LogP contribution in [0.3, 0.4) is 0 Å². The van der Waals surface area contributed by atoms with Crippen LogP contribution in [-0.2, 0) is 5.41 Å². The number of anilines is 3. The number of carbonyl (C=O) groups is 1. The maximum atomic E-state index is 12.3. The third-order valence-corrected chi connectivity index (χ3v) is 6.04. The van der Waals surface area contributed by atoms with Crippen LogP contribution >= 0.6 is 0 Å². The Bertz CT molecular complexity index is 1330. The van der Waals surface area contributed by atoms with Gasteiger partial charge in [-0.2, -0.15) is 5.10 Å². The molecule has 0 saturated heterocycles. The van der Waals surface area contributed by atoms with Gasteiger partial charge in [0.25, 0.3) is 0 Å². The Morgan fingerprint density at radius 2 is 2.06 bits per heavy atom. The Labute approximate surface area is 182 Å². The number of nitrogen functional groups attached to an aromatic ring is 1. The summed E-state index contributed by atoms with van der Waals surface area (Å²) < 4.78 is 7.12. The van der Waals surface area contributed by atoms with Gasteiger partial charge >= 0.3 is 6.03 Å². The van der Waals surface area contributed by atoms with Crippen LogP contribution in [0.1, 0.15) is 44.3 Å². The van der Waals surface area contributed by atoms with Crippen LogP contribution in [0.4, 0.5) is 22.2 Å². The molecule has 6 rings (SSSR count). The van der Waals surface area contributed by atoms with Crippen molar-refractivity contribution in [1.29, 1.82) is 0 Å². The zero-order chi connectivity index (χ0) is 21.9. The number of pyridine rings is 1. The van der Waals surface area contributed by atoms with Gasteiger partial charge in [0.05, 0.1) is 34.7 Å². The number of aromatic nitrogens is 6. The van der Waals surface area contributed by atoms with E-state index in [0.717, 1.165) is 31.4 Å². The Morgan fingerprint density at radius 1 is 1.22 bits per heavy atom. The van der Waals surface area contributed by atoms with Crippen LogP contribution < -0.4 is 16.4 Å². The van der Waals surface area contributed by atoms with E-state index < -0.39 is 6.03 Å². The Morgan fingerprint density at radius 3 is 2.78 bits per heavy atom. The molecule has 2 saturated carbocycles. The van der Waals surface area contributed by atoms with Crippen molar-refractivity contribution in [1.82, 2.24) is 29.9 Å². The Balaban J connectivity index is 1.20. The first-order chi connectivity index (χ1) is 15.5. The van der Waals surface area contributed by atoms with Gasteiger partial charge in [0.15, 0.2) is 5.65 Å². The van der Waals surface area contributed by atoms with E-state index in [1.807, 2.05) is 4.68 Å². The van der Waals surface area contributed by atoms with Crippen molar-refractivity contribution >= 4 is 34.5 Å². The highest BCUT2D eigenvalue weighted by molar-refractivity contribution is 6.00. The Kier molecular flexibility index (Phi) is 3.94. The highest BCUT2D eigenvalue weighted by Crippen LogP contribution is 2.47. The number of carbonyl (C=O) groups excluding carboxylic acids is 1. The summed E-state index contributed by atoms with van der Waals surface area (Å²) in [5.74, 6) is 0.675. The van der Waals surface area contributed by atoms with Crippen molar-refractivity contribution < 1.29 is 9.32 Å². The quantitative estimate of drug-likeness (QED) is 0.434. The van der Waals surface area contributed by atoms with Crippen LogP contribution in [-0.4, -0.2) is 35.9 Å². The number of hydrogen-bond donors (Lipinski definition) is 3. The average Bonchev–Trinajstić information content (AvgIpc) is 3.68. The standard InChI is InChI=1S/C21H21N9O2/c1-21(6-7-21)14-8-15(32-29-14)27-20(31)26-11-2-5-13(23-9-11)17-16-18(22)24-10-25-19(16)30(28-17)12-3-4-12/h2,5,8-10,12H,3-4,6-7H2,1H3,(H2,22,24,25)(H2,26,27,31). The summed E-state index contributed by atoms with van der Waals surface area (Å²) >= 11 is 0. The smallest absolute Gasteiger partial charge is 0.326 e. The Hall–Kier alpha value is -4.02. The molecule has 0 unspecified atom stereocenters. The van der Waals surface area contributed by atoms with Crippen molar-refractivity contribution in [2.24, 2.45) is 0 Å². The zero-order valence-electron chi connectivity index (χ0n) is 17.4. The molecule has 4 heterocycles. The number of rotatable bonds is 5. The first-order valence-electron chi connectivity index (χ1n) is 10.5. The molecule has 4 aromatic rings. The average molecular weight is 431 g/mol. The van der Waals surface area contributed by atoms with Gasteiger partial charge in [-0.1, -0.05) is 12.1 Å². The van der Waals surface area contributed by atoms with Crippen molar-refractivity contribution in [3.63, 3.8) is 0 Å². The van der Waals surface area contributed by atoms with E-state index in [2.05, 4.69) is 37.7 Å². The molecule has 0 radical (unpaired) electrons. The highest BCUT2D eigenvalue weighted by Gasteiger charge is 2.42. The summed E-state index contributed by atoms with van der Waals surface area (Å²) in [7, 11) is 0. The lowest BCUT2D eigenvalue weighted by atomic mass is 10.1. The van der Waals surface area contributed by atoms with Gasteiger partial charge in [0.2, 0.25) is 5.88 Å². The van der Waals surface area contributed by atoms with Crippen molar-refractivity contribution in [3.05, 3.63) is 36.4 Å². The van der Waals surface area contributed by atoms with Crippen molar-refractivity contribution in [3.8, 4) is 11.4 Å². The van der Waals surface area contributed by atoms with Crippen LogP contribution in [0, 0.1) is 0 Å². The molecule has 11 heteroatoms. The number of nitrogens with zero attached hydrogens (tertiary/aromatic N) is 6. The molecule has 0 aromatic carbocycles. The monoisotopic (exact) mass is 431 g/mol. The van der Waals surface area contributed by atoms with E-state index in [-0.39, 0.29) is 5.41 Å². The molecule has 162 valence electrons. The van der Waals surface area contributed by atoms with Crippen LogP contribution in [0.25, 0.3) is 22.4 Å². The predicted octanol–water partition coefficient (Wildman–Crippen LogP) is 3.49. The van der Waals surface area contributed by atoms with E-state index in [1.165, 1.54) is 6.33 Å². The van der Waals surface area contributed by atoms with Gasteiger partial charge in [0.1, 0.15) is 17.8 Å². The number of urea groups is 1. The van der Waals surface area contributed by atoms with Crippen LogP contribution in [0.5, 0.6) is 0 Å². The summed E-state index contributed by atoms with van der Waals surface area (Å²) in [6, 6.07) is 5.19. The van der Waals surface area contributed by atoms with Gasteiger partial charge in [-0.05, 0) is 37.8 Å². The molecule has 0 atom stereocenters. The fourth-order valence-electron chi connectivity index (χ4n) is 3.69. The molecular formula is C21H21N9O2. The molecular weight excluding hydrogens is 410 g/mol. The van der Waals surface area contributed by atoms with E-state index in [9.17, 15) is 4.79 Å². The van der Waals surface area contributed by atoms with E-state index in [0.29, 0.717) is 45.9 Å². The highest BCUT2D eigenvalue weighted by atomic mass is 16.5. The normalized spacial score (nSPS) is 16.8. The molecule has 11 nitrogen and oxygen atoms in total. The molecule has 2 fully saturated rings. The second kappa shape index (κ2) is 6.74. The minimum atomic E-state index is -0.440. The van der Waals surface area contributed by atoms with Gasteiger partial charge in [-0.15, -0.1) is 0 Å². The molecule has 0 aliphatic heterocycles. The first-order valence-corrected chi connectivity index (χ1v) is 10.5. The number of nitrogens with two attached hydrogens (primary N) is 1. The minimum absolute atomic E-state index is 0.0742. The van der Waals surface area contributed by atoms with Gasteiger partial charge < -0.3 is 15.6 Å². The first kappa shape index (κ1) is 18.7. The SMILES string of the molecule is CC1(c2cc(NC(=O)Nc3ccc(-c4nn(C5CC5)c5ncnc(N)c45)nc3)on2)CC1. The third kappa shape index (κ3) is 3.22. The van der Waals surface area contributed by atoms with Crippen molar-refractivity contribution in [2.75, 3.05) is 16.4 Å². The fraction of sp³-hybridized carbons (Fsp3) is 0.333. The number of hydrogen-bond acceptors (Lipinski definition) is 8. The predicted molar refractivity (Wildman–Crippen MR) is 117 cm³/mol. The molecule has 0 bridgehead atoms. The molecule has 4 aromatic heterocycles. The van der Waals surface area contributed by atoms with E-state index in [1.54, 1.807) is 24.4 Å². The summed E-state index contributed by atoms with van der Waals surface area (Å²) in [5.41, 5.74) is 9.54.